The third-order valence-corrected chi connectivity index (χ3v) is 4.22. The lowest BCUT2D eigenvalue weighted by atomic mass is 10.1. The first kappa shape index (κ1) is 18.4. The molecule has 0 aliphatic rings. The van der Waals surface area contributed by atoms with Gasteiger partial charge < -0.3 is 10.2 Å². The van der Waals surface area contributed by atoms with Crippen molar-refractivity contribution >= 4 is 5.69 Å². The minimum absolute atomic E-state index is 0.163. The number of likely N-dealkylation sites (N-methyl/N-ethyl adjacent to an activating group) is 2. The van der Waals surface area contributed by atoms with E-state index in [9.17, 15) is 4.39 Å². The largest absolute Gasteiger partial charge is 0.371 e. The maximum Gasteiger partial charge on any atom is 0.146 e. The molecule has 2 aromatic carbocycles. The highest BCUT2D eigenvalue weighted by atomic mass is 19.1. The SMILES string of the molecule is CCN(Cc1ccccc1)Cc1ccc(F)c(N(C)CCNC)c1. The Bertz CT molecular complexity index is 616. The molecule has 0 atom stereocenters. The average Bonchev–Trinajstić information content (AvgIpc) is 2.61. The van der Waals surface area contributed by atoms with Crippen molar-refractivity contribution in [1.29, 1.82) is 0 Å². The van der Waals surface area contributed by atoms with E-state index in [2.05, 4.69) is 41.4 Å². The molecule has 0 saturated heterocycles. The first-order valence-electron chi connectivity index (χ1n) is 8.54. The molecule has 130 valence electrons. The molecule has 0 bridgehead atoms. The Kier molecular flexibility index (Phi) is 7.22. The van der Waals surface area contributed by atoms with E-state index in [4.69, 9.17) is 0 Å². The molecule has 0 aromatic heterocycles. The molecule has 0 fully saturated rings. The van der Waals surface area contributed by atoms with Gasteiger partial charge in [0.25, 0.3) is 0 Å². The number of rotatable bonds is 9. The summed E-state index contributed by atoms with van der Waals surface area (Å²) in [4.78, 5) is 4.32. The van der Waals surface area contributed by atoms with Gasteiger partial charge in [0.1, 0.15) is 5.82 Å². The second-order valence-electron chi connectivity index (χ2n) is 6.10. The second kappa shape index (κ2) is 9.40. The van der Waals surface area contributed by atoms with Crippen LogP contribution in [-0.2, 0) is 13.1 Å². The van der Waals surface area contributed by atoms with Crippen LogP contribution in [0.25, 0.3) is 0 Å². The van der Waals surface area contributed by atoms with Gasteiger partial charge in [-0.05, 0) is 36.9 Å². The maximum atomic E-state index is 14.1. The summed E-state index contributed by atoms with van der Waals surface area (Å²) in [6.07, 6.45) is 0. The Labute approximate surface area is 145 Å². The van der Waals surface area contributed by atoms with E-state index in [1.807, 2.05) is 37.2 Å². The summed E-state index contributed by atoms with van der Waals surface area (Å²) < 4.78 is 14.1. The van der Waals surface area contributed by atoms with Gasteiger partial charge in [-0.2, -0.15) is 0 Å². The Morgan fingerprint density at radius 1 is 1.00 bits per heavy atom. The molecular formula is C20H28FN3. The molecule has 0 saturated carbocycles. The summed E-state index contributed by atoms with van der Waals surface area (Å²) in [6, 6.07) is 15.9. The van der Waals surface area contributed by atoms with Crippen molar-refractivity contribution in [1.82, 2.24) is 10.2 Å². The summed E-state index contributed by atoms with van der Waals surface area (Å²) >= 11 is 0. The number of benzene rings is 2. The molecule has 0 heterocycles. The molecular weight excluding hydrogens is 301 g/mol. The van der Waals surface area contributed by atoms with Gasteiger partial charge in [0.2, 0.25) is 0 Å². The third kappa shape index (κ3) is 5.32. The van der Waals surface area contributed by atoms with Gasteiger partial charge in [-0.3, -0.25) is 4.90 Å². The van der Waals surface area contributed by atoms with Crippen molar-refractivity contribution in [2.24, 2.45) is 0 Å². The smallest absolute Gasteiger partial charge is 0.146 e. The molecule has 4 heteroatoms. The molecule has 2 rings (SSSR count). The highest BCUT2D eigenvalue weighted by Gasteiger charge is 2.11. The topological polar surface area (TPSA) is 18.5 Å². The van der Waals surface area contributed by atoms with Crippen molar-refractivity contribution in [3.63, 3.8) is 0 Å². The van der Waals surface area contributed by atoms with E-state index in [0.29, 0.717) is 5.69 Å². The van der Waals surface area contributed by atoms with Gasteiger partial charge in [-0.1, -0.05) is 43.3 Å². The quantitative estimate of drug-likeness (QED) is 0.759. The molecule has 0 amide bonds. The molecule has 0 aliphatic heterocycles. The summed E-state index contributed by atoms with van der Waals surface area (Å²) in [7, 11) is 3.84. The van der Waals surface area contributed by atoms with Crippen LogP contribution < -0.4 is 10.2 Å². The molecule has 2 aromatic rings. The minimum atomic E-state index is -0.163. The fourth-order valence-corrected chi connectivity index (χ4v) is 2.73. The zero-order valence-corrected chi connectivity index (χ0v) is 14.9. The van der Waals surface area contributed by atoms with Gasteiger partial charge >= 0.3 is 0 Å². The van der Waals surface area contributed by atoms with Crippen molar-refractivity contribution in [2.45, 2.75) is 20.0 Å². The Morgan fingerprint density at radius 2 is 1.71 bits per heavy atom. The molecule has 0 spiro atoms. The van der Waals surface area contributed by atoms with Gasteiger partial charge in [-0.15, -0.1) is 0 Å². The van der Waals surface area contributed by atoms with E-state index in [1.54, 1.807) is 6.07 Å². The third-order valence-electron chi connectivity index (χ3n) is 4.22. The van der Waals surface area contributed by atoms with Crippen LogP contribution in [0.2, 0.25) is 0 Å². The van der Waals surface area contributed by atoms with Crippen LogP contribution >= 0.6 is 0 Å². The maximum absolute atomic E-state index is 14.1. The Balaban J connectivity index is 2.07. The van der Waals surface area contributed by atoms with Crippen LogP contribution in [-0.4, -0.2) is 38.6 Å². The normalized spacial score (nSPS) is 11.0. The van der Waals surface area contributed by atoms with E-state index >= 15 is 0 Å². The summed E-state index contributed by atoms with van der Waals surface area (Å²) in [5, 5.41) is 3.10. The zero-order valence-electron chi connectivity index (χ0n) is 14.9. The number of hydrogen-bond acceptors (Lipinski definition) is 3. The van der Waals surface area contributed by atoms with Crippen LogP contribution in [0.15, 0.2) is 48.5 Å². The molecule has 24 heavy (non-hydrogen) atoms. The van der Waals surface area contributed by atoms with Crippen molar-refractivity contribution < 1.29 is 4.39 Å². The number of halogens is 1. The van der Waals surface area contributed by atoms with Crippen molar-refractivity contribution in [2.75, 3.05) is 38.6 Å². The average molecular weight is 329 g/mol. The predicted molar refractivity (Wildman–Crippen MR) is 99.8 cm³/mol. The number of nitrogens with one attached hydrogen (secondary N) is 1. The lowest BCUT2D eigenvalue weighted by Crippen LogP contribution is -2.28. The number of nitrogens with zero attached hydrogens (tertiary/aromatic N) is 2. The van der Waals surface area contributed by atoms with Crippen LogP contribution in [0.5, 0.6) is 0 Å². The van der Waals surface area contributed by atoms with Gasteiger partial charge in [-0.25, -0.2) is 4.39 Å². The summed E-state index contributed by atoms with van der Waals surface area (Å²) in [6.45, 7) is 6.44. The lowest BCUT2D eigenvalue weighted by Gasteiger charge is -2.23. The number of hydrogen-bond donors (Lipinski definition) is 1. The monoisotopic (exact) mass is 329 g/mol. The first-order valence-corrected chi connectivity index (χ1v) is 8.54. The van der Waals surface area contributed by atoms with E-state index in [0.717, 1.165) is 38.3 Å². The van der Waals surface area contributed by atoms with Crippen molar-refractivity contribution in [3.8, 4) is 0 Å². The Morgan fingerprint density at radius 3 is 2.38 bits per heavy atom. The summed E-state index contributed by atoms with van der Waals surface area (Å²) in [5.41, 5.74) is 3.10. The van der Waals surface area contributed by atoms with E-state index in [1.165, 1.54) is 5.56 Å². The lowest BCUT2D eigenvalue weighted by molar-refractivity contribution is 0.271. The molecule has 3 nitrogen and oxygen atoms in total. The number of anilines is 1. The van der Waals surface area contributed by atoms with Gasteiger partial charge in [0.05, 0.1) is 5.69 Å². The fraction of sp³-hybridized carbons (Fsp3) is 0.400. The summed E-state index contributed by atoms with van der Waals surface area (Å²) in [5.74, 6) is -0.163. The van der Waals surface area contributed by atoms with Gasteiger partial charge in [0.15, 0.2) is 0 Å². The van der Waals surface area contributed by atoms with Crippen LogP contribution in [0.3, 0.4) is 0 Å². The highest BCUT2D eigenvalue weighted by Crippen LogP contribution is 2.21. The second-order valence-corrected chi connectivity index (χ2v) is 6.10. The predicted octanol–water partition coefficient (Wildman–Crippen LogP) is 3.50. The highest BCUT2D eigenvalue weighted by molar-refractivity contribution is 5.49. The van der Waals surface area contributed by atoms with Crippen LogP contribution in [0.1, 0.15) is 18.1 Å². The first-order chi connectivity index (χ1) is 11.6. The molecule has 0 radical (unpaired) electrons. The van der Waals surface area contributed by atoms with Crippen LogP contribution in [0, 0.1) is 5.82 Å². The Hall–Kier alpha value is -1.91. The van der Waals surface area contributed by atoms with E-state index in [-0.39, 0.29) is 5.82 Å². The standard InChI is InChI=1S/C20H28FN3/c1-4-24(15-17-8-6-5-7-9-17)16-18-10-11-19(21)20(14-18)23(3)13-12-22-2/h5-11,14,22H,4,12-13,15-16H2,1-3H3. The van der Waals surface area contributed by atoms with Crippen molar-refractivity contribution in [3.05, 3.63) is 65.5 Å². The zero-order chi connectivity index (χ0) is 17.4. The minimum Gasteiger partial charge on any atom is -0.371 e. The molecule has 1 N–H and O–H groups in total. The van der Waals surface area contributed by atoms with E-state index < -0.39 is 0 Å². The van der Waals surface area contributed by atoms with Crippen LogP contribution in [0.4, 0.5) is 10.1 Å². The van der Waals surface area contributed by atoms with Gasteiger partial charge in [0, 0.05) is 33.2 Å². The molecule has 0 aliphatic carbocycles. The molecule has 0 unspecified atom stereocenters. The fourth-order valence-electron chi connectivity index (χ4n) is 2.73.